The van der Waals surface area contributed by atoms with Gasteiger partial charge in [-0.25, -0.2) is 4.98 Å². The number of nitrogens with one attached hydrogen (secondary N) is 1. The van der Waals surface area contributed by atoms with Gasteiger partial charge in [-0.3, -0.25) is 14.6 Å². The van der Waals surface area contributed by atoms with E-state index >= 15 is 0 Å². The zero-order chi connectivity index (χ0) is 23.3. The number of nitrogens with zero attached hydrogens (tertiary/aromatic N) is 3. The highest BCUT2D eigenvalue weighted by Gasteiger charge is 2.33. The van der Waals surface area contributed by atoms with Crippen molar-refractivity contribution in [1.82, 2.24) is 15.2 Å². The minimum Gasteiger partial charge on any atom is -0.474 e. The van der Waals surface area contributed by atoms with Gasteiger partial charge in [0.25, 0.3) is 0 Å². The summed E-state index contributed by atoms with van der Waals surface area (Å²) in [7, 11) is 0. The van der Waals surface area contributed by atoms with E-state index in [4.69, 9.17) is 10.5 Å². The van der Waals surface area contributed by atoms with E-state index < -0.39 is 6.04 Å². The number of aliphatic imine (C=N–C) groups is 1. The maximum absolute atomic E-state index is 13.0. The van der Waals surface area contributed by atoms with Crippen molar-refractivity contribution in [2.24, 2.45) is 16.6 Å². The first-order chi connectivity index (χ1) is 15.3. The Kier molecular flexibility index (Phi) is 7.88. The Morgan fingerprint density at radius 1 is 1.38 bits per heavy atom. The van der Waals surface area contributed by atoms with Crippen molar-refractivity contribution in [3.8, 4) is 5.88 Å². The zero-order valence-corrected chi connectivity index (χ0v) is 19.5. The first-order valence-corrected chi connectivity index (χ1v) is 11.4. The molecule has 3 rings (SSSR count). The van der Waals surface area contributed by atoms with E-state index in [0.717, 1.165) is 37.8 Å². The van der Waals surface area contributed by atoms with Gasteiger partial charge in [-0.1, -0.05) is 13.8 Å². The second-order valence-electron chi connectivity index (χ2n) is 9.10. The molecule has 2 fully saturated rings. The molecule has 8 heteroatoms. The van der Waals surface area contributed by atoms with Crippen LogP contribution in [0.2, 0.25) is 0 Å². The van der Waals surface area contributed by atoms with Crippen LogP contribution < -0.4 is 15.8 Å². The van der Waals surface area contributed by atoms with Gasteiger partial charge in [0.1, 0.15) is 12.1 Å². The number of aromatic nitrogens is 1. The second kappa shape index (κ2) is 10.6. The van der Waals surface area contributed by atoms with Gasteiger partial charge in [-0.05, 0) is 37.3 Å². The molecule has 174 valence electrons. The van der Waals surface area contributed by atoms with Gasteiger partial charge in [-0.2, -0.15) is 0 Å². The van der Waals surface area contributed by atoms with Crippen LogP contribution >= 0.6 is 0 Å². The quantitative estimate of drug-likeness (QED) is 0.603. The van der Waals surface area contributed by atoms with Crippen LogP contribution in [0.1, 0.15) is 58.9 Å². The molecule has 0 bridgehead atoms. The molecule has 1 aliphatic heterocycles. The molecular weight excluding hydrogens is 406 g/mol. The molecule has 2 atom stereocenters. The van der Waals surface area contributed by atoms with Crippen LogP contribution in [0.25, 0.3) is 5.57 Å². The summed E-state index contributed by atoms with van der Waals surface area (Å²) in [6, 6.07) is 3.65. The number of nitrogens with two attached hydrogens (primary N) is 1. The Morgan fingerprint density at radius 3 is 2.72 bits per heavy atom. The number of hydrogen-bond acceptors (Lipinski definition) is 6. The van der Waals surface area contributed by atoms with Crippen LogP contribution in [0.15, 0.2) is 29.5 Å². The van der Waals surface area contributed by atoms with Gasteiger partial charge in [0.05, 0.1) is 0 Å². The number of carbonyl (C=O) groups excluding carboxylic acids is 2. The Hall–Kier alpha value is -2.90. The fourth-order valence-corrected chi connectivity index (χ4v) is 4.22. The Bertz CT molecular complexity index is 876. The number of hydrogen-bond donors (Lipinski definition) is 2. The van der Waals surface area contributed by atoms with Crippen molar-refractivity contribution in [2.45, 2.75) is 77.6 Å². The molecule has 1 unspecified atom stereocenters. The minimum absolute atomic E-state index is 0.0250. The van der Waals surface area contributed by atoms with Gasteiger partial charge in [0, 0.05) is 68.6 Å². The Labute approximate surface area is 190 Å². The standard InChI is InChI=1S/C24H35N5O3/c1-15(2)23(24(31)29-9-5-6-16(29)3)27-14-19(13-25)18-7-8-26-22(10-18)32-21-11-20(12-21)28-17(4)30/h7-8,10,13-16,20-21,23H,5-6,9,11-12,25H2,1-4H3,(H,28,30)/t16-,20?,21?,23?/m1/s1. The maximum atomic E-state index is 13.0. The second-order valence-corrected chi connectivity index (χ2v) is 9.10. The number of allylic oxidation sites excluding steroid dienone is 1. The van der Waals surface area contributed by atoms with E-state index in [2.05, 4.69) is 22.2 Å². The predicted molar refractivity (Wildman–Crippen MR) is 125 cm³/mol. The summed E-state index contributed by atoms with van der Waals surface area (Å²) in [6.07, 6.45) is 8.47. The summed E-state index contributed by atoms with van der Waals surface area (Å²) < 4.78 is 5.94. The van der Waals surface area contributed by atoms with Crippen molar-refractivity contribution in [1.29, 1.82) is 0 Å². The summed E-state index contributed by atoms with van der Waals surface area (Å²) in [5.74, 6) is 0.638. The lowest BCUT2D eigenvalue weighted by atomic mass is 9.89. The Morgan fingerprint density at radius 2 is 2.12 bits per heavy atom. The van der Waals surface area contributed by atoms with Crippen molar-refractivity contribution >= 4 is 23.6 Å². The van der Waals surface area contributed by atoms with Crippen molar-refractivity contribution in [3.05, 3.63) is 30.1 Å². The number of carbonyl (C=O) groups is 2. The third-order valence-corrected chi connectivity index (χ3v) is 6.13. The molecular formula is C24H35N5O3. The molecule has 0 radical (unpaired) electrons. The van der Waals surface area contributed by atoms with Gasteiger partial charge in [0.15, 0.2) is 0 Å². The highest BCUT2D eigenvalue weighted by Crippen LogP contribution is 2.26. The summed E-state index contributed by atoms with van der Waals surface area (Å²) >= 11 is 0. The van der Waals surface area contributed by atoms with E-state index in [9.17, 15) is 9.59 Å². The molecule has 8 nitrogen and oxygen atoms in total. The van der Waals surface area contributed by atoms with E-state index in [1.165, 1.54) is 13.1 Å². The fourth-order valence-electron chi connectivity index (χ4n) is 4.22. The SMILES string of the molecule is CC(=O)NC1CC(Oc2cc(C(C=NC(C(=O)N3CCC[C@H]3C)C(C)C)=CN)ccn2)C1. The maximum Gasteiger partial charge on any atom is 0.247 e. The van der Waals surface area contributed by atoms with Crippen LogP contribution in [0.3, 0.4) is 0 Å². The molecule has 3 N–H and O–H groups in total. The van der Waals surface area contributed by atoms with Gasteiger partial charge < -0.3 is 20.7 Å². The number of pyridine rings is 1. The molecule has 1 saturated heterocycles. The lowest BCUT2D eigenvalue weighted by Crippen LogP contribution is -2.48. The van der Waals surface area contributed by atoms with E-state index in [1.54, 1.807) is 12.4 Å². The normalized spacial score (nSPS) is 24.5. The molecule has 1 aliphatic carbocycles. The molecule has 0 spiro atoms. The average molecular weight is 442 g/mol. The number of ether oxygens (including phenoxy) is 1. The highest BCUT2D eigenvalue weighted by atomic mass is 16.5. The van der Waals surface area contributed by atoms with Crippen molar-refractivity contribution in [3.63, 3.8) is 0 Å². The van der Waals surface area contributed by atoms with Crippen molar-refractivity contribution in [2.75, 3.05) is 6.54 Å². The molecule has 2 aliphatic rings. The lowest BCUT2D eigenvalue weighted by molar-refractivity contribution is -0.134. The lowest BCUT2D eigenvalue weighted by Gasteiger charge is -2.35. The van der Waals surface area contributed by atoms with Crippen LogP contribution in [-0.2, 0) is 9.59 Å². The largest absolute Gasteiger partial charge is 0.474 e. The highest BCUT2D eigenvalue weighted by molar-refractivity contribution is 6.10. The predicted octanol–water partition coefficient (Wildman–Crippen LogP) is 2.53. The molecule has 2 heterocycles. The smallest absolute Gasteiger partial charge is 0.247 e. The van der Waals surface area contributed by atoms with Gasteiger partial charge in [-0.15, -0.1) is 0 Å². The van der Waals surface area contributed by atoms with E-state index in [0.29, 0.717) is 11.5 Å². The summed E-state index contributed by atoms with van der Waals surface area (Å²) in [4.78, 5) is 35.1. The molecule has 32 heavy (non-hydrogen) atoms. The van der Waals surface area contributed by atoms with Crippen LogP contribution in [0, 0.1) is 5.92 Å². The first kappa shape index (κ1) is 23.8. The molecule has 0 aromatic carbocycles. The van der Waals surface area contributed by atoms with Crippen molar-refractivity contribution < 1.29 is 14.3 Å². The van der Waals surface area contributed by atoms with E-state index in [1.807, 2.05) is 30.9 Å². The van der Waals surface area contributed by atoms with E-state index in [-0.39, 0.29) is 35.9 Å². The van der Waals surface area contributed by atoms with Gasteiger partial charge >= 0.3 is 0 Å². The van der Waals surface area contributed by atoms with Crippen LogP contribution in [0.4, 0.5) is 0 Å². The number of rotatable bonds is 8. The zero-order valence-electron chi connectivity index (χ0n) is 19.5. The van der Waals surface area contributed by atoms with Crippen LogP contribution in [-0.4, -0.2) is 58.7 Å². The number of amides is 2. The summed E-state index contributed by atoms with van der Waals surface area (Å²) in [5, 5.41) is 2.89. The molecule has 1 aromatic heterocycles. The third-order valence-electron chi connectivity index (χ3n) is 6.13. The Balaban J connectivity index is 1.66. The fraction of sp³-hybridized carbons (Fsp3) is 0.583. The van der Waals surface area contributed by atoms with Crippen LogP contribution in [0.5, 0.6) is 5.88 Å². The monoisotopic (exact) mass is 441 g/mol. The molecule has 1 aromatic rings. The minimum atomic E-state index is -0.441. The third kappa shape index (κ3) is 5.87. The number of likely N-dealkylation sites (tertiary alicyclic amines) is 1. The molecule has 1 saturated carbocycles. The summed E-state index contributed by atoms with van der Waals surface area (Å²) in [6.45, 7) is 8.43. The van der Waals surface area contributed by atoms with Gasteiger partial charge in [0.2, 0.25) is 17.7 Å². The first-order valence-electron chi connectivity index (χ1n) is 11.4. The average Bonchev–Trinajstić information content (AvgIpc) is 3.15. The topological polar surface area (TPSA) is 110 Å². The summed E-state index contributed by atoms with van der Waals surface area (Å²) in [5.41, 5.74) is 7.42. The molecule has 2 amide bonds.